The summed E-state index contributed by atoms with van der Waals surface area (Å²) in [4.78, 5) is 27.0. The first-order chi connectivity index (χ1) is 13.2. The van der Waals surface area contributed by atoms with Gasteiger partial charge in [-0.3, -0.25) is 9.59 Å². The number of benzene rings is 2. The summed E-state index contributed by atoms with van der Waals surface area (Å²) in [5.41, 5.74) is 3.87. The number of nitrogens with zero attached hydrogens (tertiary/aromatic N) is 1. The van der Waals surface area contributed by atoms with Crippen LogP contribution in [0.1, 0.15) is 49.8 Å². The first kappa shape index (κ1) is 20.6. The quantitative estimate of drug-likeness (QED) is 0.709. The minimum absolute atomic E-state index is 0.00970. The number of rotatable bonds is 3. The van der Waals surface area contributed by atoms with Crippen molar-refractivity contribution < 1.29 is 9.59 Å². The Morgan fingerprint density at radius 3 is 2.50 bits per heavy atom. The summed E-state index contributed by atoms with van der Waals surface area (Å²) >= 11 is 3.59. The Morgan fingerprint density at radius 2 is 1.86 bits per heavy atom. The van der Waals surface area contributed by atoms with Gasteiger partial charge in [-0.05, 0) is 51.3 Å². The van der Waals surface area contributed by atoms with E-state index in [9.17, 15) is 9.59 Å². The van der Waals surface area contributed by atoms with E-state index in [1.165, 1.54) is 5.56 Å². The minimum Gasteiger partial charge on any atom is -0.350 e. The van der Waals surface area contributed by atoms with Gasteiger partial charge in [-0.2, -0.15) is 0 Å². The lowest BCUT2D eigenvalue weighted by Gasteiger charge is -2.27. The van der Waals surface area contributed by atoms with E-state index in [-0.39, 0.29) is 34.6 Å². The lowest BCUT2D eigenvalue weighted by Crippen LogP contribution is -2.48. The highest BCUT2D eigenvalue weighted by molar-refractivity contribution is 9.10. The van der Waals surface area contributed by atoms with Crippen LogP contribution in [0.15, 0.2) is 48.5 Å². The number of alkyl halides is 1. The van der Waals surface area contributed by atoms with Crippen LogP contribution in [0.3, 0.4) is 0 Å². The number of hydrogen-bond acceptors (Lipinski definition) is 2. The van der Waals surface area contributed by atoms with Crippen molar-refractivity contribution in [2.75, 3.05) is 11.4 Å². The number of halogens is 1. The zero-order chi connectivity index (χ0) is 20.5. The lowest BCUT2D eigenvalue weighted by molar-refractivity contribution is -0.124. The van der Waals surface area contributed by atoms with Crippen molar-refractivity contribution in [2.24, 2.45) is 0 Å². The van der Waals surface area contributed by atoms with Gasteiger partial charge < -0.3 is 10.2 Å². The standard InChI is InChI=1S/C23H27BrN2O2/c1-15-10-11-20-18(12-15)17(16-8-6-5-7-9-16)13-19(24)22(28)26(20)14-21(27)25-23(2,3)4/h5-12,17,19H,13-14H2,1-4H3,(H,25,27). The van der Waals surface area contributed by atoms with Gasteiger partial charge in [0, 0.05) is 17.1 Å². The molecule has 28 heavy (non-hydrogen) atoms. The Hall–Kier alpha value is -2.14. The van der Waals surface area contributed by atoms with E-state index in [1.54, 1.807) is 4.90 Å². The molecule has 0 fully saturated rings. The lowest BCUT2D eigenvalue weighted by atomic mass is 9.86. The normalized spacial score (nSPS) is 19.8. The molecule has 148 valence electrons. The van der Waals surface area contributed by atoms with Gasteiger partial charge in [0.1, 0.15) is 6.54 Å². The van der Waals surface area contributed by atoms with E-state index < -0.39 is 0 Å². The molecule has 0 bridgehead atoms. The van der Waals surface area contributed by atoms with Crippen LogP contribution < -0.4 is 10.2 Å². The summed E-state index contributed by atoms with van der Waals surface area (Å²) in [6, 6.07) is 16.3. The fourth-order valence-corrected chi connectivity index (χ4v) is 4.31. The van der Waals surface area contributed by atoms with E-state index in [0.29, 0.717) is 6.42 Å². The summed E-state index contributed by atoms with van der Waals surface area (Å²) in [5, 5.41) is 2.96. The van der Waals surface area contributed by atoms with Gasteiger partial charge in [0.2, 0.25) is 11.8 Å². The van der Waals surface area contributed by atoms with E-state index >= 15 is 0 Å². The monoisotopic (exact) mass is 442 g/mol. The first-order valence-electron chi connectivity index (χ1n) is 9.57. The molecule has 0 saturated heterocycles. The molecule has 2 aromatic carbocycles. The Kier molecular flexibility index (Phi) is 5.94. The molecule has 0 radical (unpaired) electrons. The molecule has 1 heterocycles. The second-order valence-electron chi connectivity index (χ2n) is 8.45. The van der Waals surface area contributed by atoms with E-state index in [0.717, 1.165) is 16.8 Å². The topological polar surface area (TPSA) is 49.4 Å². The van der Waals surface area contributed by atoms with Crippen molar-refractivity contribution in [3.63, 3.8) is 0 Å². The Labute approximate surface area is 175 Å². The number of carbonyl (C=O) groups excluding carboxylic acids is 2. The van der Waals surface area contributed by atoms with Gasteiger partial charge in [-0.1, -0.05) is 64.0 Å². The van der Waals surface area contributed by atoms with Crippen molar-refractivity contribution in [1.82, 2.24) is 5.32 Å². The maximum atomic E-state index is 13.2. The van der Waals surface area contributed by atoms with E-state index in [4.69, 9.17) is 0 Å². The number of fused-ring (bicyclic) bond motifs is 1. The number of anilines is 1. The van der Waals surface area contributed by atoms with Crippen LogP contribution in [0.5, 0.6) is 0 Å². The highest BCUT2D eigenvalue weighted by Gasteiger charge is 2.35. The minimum atomic E-state index is -0.354. The molecule has 4 nitrogen and oxygen atoms in total. The molecule has 1 aliphatic heterocycles. The summed E-state index contributed by atoms with van der Waals surface area (Å²) < 4.78 is 0. The fraction of sp³-hybridized carbons (Fsp3) is 0.391. The van der Waals surface area contributed by atoms with Crippen molar-refractivity contribution >= 4 is 33.4 Å². The van der Waals surface area contributed by atoms with Gasteiger partial charge in [-0.15, -0.1) is 0 Å². The van der Waals surface area contributed by atoms with Crippen LogP contribution >= 0.6 is 15.9 Å². The third-order valence-corrected chi connectivity index (χ3v) is 5.61. The Bertz CT molecular complexity index is 874. The number of amides is 2. The van der Waals surface area contributed by atoms with E-state index in [2.05, 4.69) is 46.4 Å². The van der Waals surface area contributed by atoms with Gasteiger partial charge in [0.15, 0.2) is 0 Å². The Balaban J connectivity index is 2.05. The van der Waals surface area contributed by atoms with Crippen molar-refractivity contribution in [1.29, 1.82) is 0 Å². The summed E-state index contributed by atoms with van der Waals surface area (Å²) in [7, 11) is 0. The van der Waals surface area contributed by atoms with Crippen LogP contribution in [-0.4, -0.2) is 28.7 Å². The molecule has 0 aromatic heterocycles. The number of nitrogens with one attached hydrogen (secondary N) is 1. The predicted molar refractivity (Wildman–Crippen MR) is 117 cm³/mol. The molecular formula is C23H27BrN2O2. The maximum absolute atomic E-state index is 13.2. The second kappa shape index (κ2) is 8.08. The molecule has 1 aliphatic rings. The molecule has 2 unspecified atom stereocenters. The van der Waals surface area contributed by atoms with Crippen molar-refractivity contribution in [2.45, 2.75) is 50.4 Å². The summed E-state index contributed by atoms with van der Waals surface area (Å²) in [5.74, 6) is -0.155. The highest BCUT2D eigenvalue weighted by Crippen LogP contribution is 2.41. The summed E-state index contributed by atoms with van der Waals surface area (Å²) in [6.07, 6.45) is 0.649. The molecule has 5 heteroatoms. The van der Waals surface area contributed by atoms with Crippen LogP contribution in [0.4, 0.5) is 5.69 Å². The van der Waals surface area contributed by atoms with Crippen molar-refractivity contribution in [3.05, 3.63) is 65.2 Å². The molecular weight excluding hydrogens is 416 g/mol. The first-order valence-corrected chi connectivity index (χ1v) is 10.5. The van der Waals surface area contributed by atoms with E-state index in [1.807, 2.05) is 51.1 Å². The van der Waals surface area contributed by atoms with Crippen LogP contribution in [-0.2, 0) is 9.59 Å². The third kappa shape index (κ3) is 4.64. The van der Waals surface area contributed by atoms with Crippen LogP contribution in [0.2, 0.25) is 0 Å². The SMILES string of the molecule is Cc1ccc2c(c1)C(c1ccccc1)CC(Br)C(=O)N2CC(=O)NC(C)(C)C. The average molecular weight is 443 g/mol. The molecule has 2 atom stereocenters. The second-order valence-corrected chi connectivity index (χ2v) is 9.56. The van der Waals surface area contributed by atoms with Gasteiger partial charge in [-0.25, -0.2) is 0 Å². The Morgan fingerprint density at radius 1 is 1.18 bits per heavy atom. The largest absolute Gasteiger partial charge is 0.350 e. The smallest absolute Gasteiger partial charge is 0.241 e. The number of carbonyl (C=O) groups is 2. The van der Waals surface area contributed by atoms with Crippen LogP contribution in [0.25, 0.3) is 0 Å². The number of hydrogen-bond donors (Lipinski definition) is 1. The third-order valence-electron chi connectivity index (χ3n) is 4.84. The zero-order valence-electron chi connectivity index (χ0n) is 16.8. The molecule has 3 rings (SSSR count). The van der Waals surface area contributed by atoms with Gasteiger partial charge in [0.05, 0.1) is 4.83 Å². The number of aryl methyl sites for hydroxylation is 1. The molecule has 0 aliphatic carbocycles. The molecule has 0 saturated carbocycles. The predicted octanol–water partition coefficient (Wildman–Crippen LogP) is 4.54. The average Bonchev–Trinajstić information content (AvgIpc) is 2.71. The summed E-state index contributed by atoms with van der Waals surface area (Å²) in [6.45, 7) is 7.87. The molecule has 1 N–H and O–H groups in total. The maximum Gasteiger partial charge on any atom is 0.241 e. The molecule has 2 aromatic rings. The van der Waals surface area contributed by atoms with Crippen molar-refractivity contribution in [3.8, 4) is 0 Å². The zero-order valence-corrected chi connectivity index (χ0v) is 18.4. The van der Waals surface area contributed by atoms with Gasteiger partial charge in [0.25, 0.3) is 0 Å². The fourth-order valence-electron chi connectivity index (χ4n) is 3.69. The van der Waals surface area contributed by atoms with Crippen LogP contribution in [0, 0.1) is 6.92 Å². The molecule has 0 spiro atoms. The highest BCUT2D eigenvalue weighted by atomic mass is 79.9. The van der Waals surface area contributed by atoms with Gasteiger partial charge >= 0.3 is 0 Å². The molecule has 2 amide bonds.